The number of rotatable bonds is 7. The minimum atomic E-state index is -3.50. The first-order valence-corrected chi connectivity index (χ1v) is 8.91. The summed E-state index contributed by atoms with van der Waals surface area (Å²) in [5, 5.41) is 16.4. The molecule has 0 aliphatic rings. The number of carboxylic acids is 1. The Morgan fingerprint density at radius 1 is 1.08 bits per heavy atom. The van der Waals surface area contributed by atoms with Crippen LogP contribution in [-0.4, -0.2) is 38.4 Å². The SMILES string of the molecule is NS(=O)(=O)c1ccccc1.O=CCN[C@@H](Cc1ccccc1)C(=O)O. The predicted octanol–water partition coefficient (Wildman–Crippen LogP) is 0.805. The molecule has 0 amide bonds. The standard InChI is InChI=1S/C11H13NO3.C6H7NO2S/c13-7-6-12-10(11(14)15)8-9-4-2-1-3-5-9;7-10(8,9)6-4-2-1-3-5-6/h1-5,7,10,12H,6,8H2,(H,14,15);1-5H,(H2,7,8,9)/t10-;/m0./s1. The molecular weight excluding hydrogens is 344 g/mol. The van der Waals surface area contributed by atoms with Gasteiger partial charge < -0.3 is 9.90 Å². The van der Waals surface area contributed by atoms with Crippen molar-refractivity contribution in [2.24, 2.45) is 5.14 Å². The second kappa shape index (κ2) is 10.3. The van der Waals surface area contributed by atoms with Gasteiger partial charge in [0, 0.05) is 0 Å². The maximum absolute atomic E-state index is 10.8. The molecule has 0 aromatic heterocycles. The van der Waals surface area contributed by atoms with Gasteiger partial charge in [0.25, 0.3) is 0 Å². The van der Waals surface area contributed by atoms with Crippen molar-refractivity contribution in [2.45, 2.75) is 17.4 Å². The largest absolute Gasteiger partial charge is 0.480 e. The van der Waals surface area contributed by atoms with Crippen LogP contribution >= 0.6 is 0 Å². The number of carbonyl (C=O) groups excluding carboxylic acids is 1. The normalized spacial score (nSPS) is 11.7. The summed E-state index contributed by atoms with van der Waals surface area (Å²) < 4.78 is 21.2. The number of hydrogen-bond acceptors (Lipinski definition) is 5. The van der Waals surface area contributed by atoms with E-state index in [0.717, 1.165) is 5.56 Å². The van der Waals surface area contributed by atoms with E-state index in [2.05, 4.69) is 5.32 Å². The molecule has 0 unspecified atom stereocenters. The van der Waals surface area contributed by atoms with E-state index >= 15 is 0 Å². The lowest BCUT2D eigenvalue weighted by Gasteiger charge is -2.12. The van der Waals surface area contributed by atoms with Crippen molar-refractivity contribution in [3.63, 3.8) is 0 Å². The van der Waals surface area contributed by atoms with Gasteiger partial charge in [-0.3, -0.25) is 10.1 Å². The lowest BCUT2D eigenvalue weighted by atomic mass is 10.1. The van der Waals surface area contributed by atoms with Crippen LogP contribution in [0.15, 0.2) is 65.6 Å². The molecule has 134 valence electrons. The summed E-state index contributed by atoms with van der Waals surface area (Å²) in [6.45, 7) is 0.0593. The summed E-state index contributed by atoms with van der Waals surface area (Å²) in [6.07, 6.45) is 1.03. The van der Waals surface area contributed by atoms with Crippen LogP contribution in [0.4, 0.5) is 0 Å². The van der Waals surface area contributed by atoms with Gasteiger partial charge in [-0.15, -0.1) is 0 Å². The number of nitrogens with two attached hydrogens (primary N) is 1. The fourth-order valence-corrected chi connectivity index (χ4v) is 2.43. The van der Waals surface area contributed by atoms with Crippen molar-refractivity contribution in [1.29, 1.82) is 0 Å². The Labute approximate surface area is 146 Å². The first-order chi connectivity index (χ1) is 11.8. The third-order valence-corrected chi connectivity index (χ3v) is 4.03. The quantitative estimate of drug-likeness (QED) is 0.624. The number of aliphatic carboxylic acids is 1. The topological polar surface area (TPSA) is 127 Å². The Bertz CT molecular complexity index is 764. The number of hydrogen-bond donors (Lipinski definition) is 3. The summed E-state index contributed by atoms with van der Waals surface area (Å²) in [4.78, 5) is 21.1. The van der Waals surface area contributed by atoms with Gasteiger partial charge in [-0.1, -0.05) is 48.5 Å². The number of carboxylic acid groups (broad SMARTS) is 1. The van der Waals surface area contributed by atoms with Crippen LogP contribution in [0.3, 0.4) is 0 Å². The molecule has 8 heteroatoms. The molecule has 0 saturated heterocycles. The van der Waals surface area contributed by atoms with Crippen molar-refractivity contribution in [1.82, 2.24) is 5.32 Å². The zero-order chi connectivity index (χ0) is 18.7. The van der Waals surface area contributed by atoms with Crippen LogP contribution in [0, 0.1) is 0 Å². The van der Waals surface area contributed by atoms with Gasteiger partial charge in [-0.2, -0.15) is 0 Å². The summed E-state index contributed by atoms with van der Waals surface area (Å²) in [5.41, 5.74) is 0.934. The first-order valence-electron chi connectivity index (χ1n) is 7.36. The Morgan fingerprint density at radius 3 is 2.00 bits per heavy atom. The van der Waals surface area contributed by atoms with Crippen molar-refractivity contribution < 1.29 is 23.1 Å². The highest BCUT2D eigenvalue weighted by Crippen LogP contribution is 2.03. The zero-order valence-corrected chi connectivity index (χ0v) is 14.2. The summed E-state index contributed by atoms with van der Waals surface area (Å²) in [6, 6.07) is 16.5. The number of carbonyl (C=O) groups is 2. The van der Waals surface area contributed by atoms with E-state index in [-0.39, 0.29) is 11.4 Å². The lowest BCUT2D eigenvalue weighted by molar-refractivity contribution is -0.139. The number of benzene rings is 2. The van der Waals surface area contributed by atoms with E-state index in [9.17, 15) is 18.0 Å². The summed E-state index contributed by atoms with van der Waals surface area (Å²) in [7, 11) is -3.50. The second-order valence-corrected chi connectivity index (χ2v) is 6.57. The highest BCUT2D eigenvalue weighted by atomic mass is 32.2. The average molecular weight is 364 g/mol. The number of sulfonamides is 1. The number of primary sulfonamides is 1. The van der Waals surface area contributed by atoms with E-state index in [4.69, 9.17) is 10.2 Å². The fourth-order valence-electron chi connectivity index (χ4n) is 1.90. The molecule has 0 radical (unpaired) electrons. The lowest BCUT2D eigenvalue weighted by Crippen LogP contribution is -2.39. The van der Waals surface area contributed by atoms with E-state index in [1.54, 1.807) is 18.2 Å². The van der Waals surface area contributed by atoms with Gasteiger partial charge in [0.1, 0.15) is 12.3 Å². The highest BCUT2D eigenvalue weighted by molar-refractivity contribution is 7.89. The predicted molar refractivity (Wildman–Crippen MR) is 93.5 cm³/mol. The van der Waals surface area contributed by atoms with E-state index in [1.807, 2.05) is 30.3 Å². The molecule has 7 nitrogen and oxygen atoms in total. The molecule has 1 atom stereocenters. The van der Waals surface area contributed by atoms with E-state index in [1.165, 1.54) is 12.1 Å². The van der Waals surface area contributed by atoms with Crippen molar-refractivity contribution >= 4 is 22.3 Å². The molecule has 0 aliphatic carbocycles. The zero-order valence-electron chi connectivity index (χ0n) is 13.4. The van der Waals surface area contributed by atoms with Crippen LogP contribution in [0.1, 0.15) is 5.56 Å². The Morgan fingerprint density at radius 2 is 1.60 bits per heavy atom. The maximum Gasteiger partial charge on any atom is 0.321 e. The minimum absolute atomic E-state index is 0.0593. The molecule has 0 spiro atoms. The Balaban J connectivity index is 0.000000271. The molecule has 0 fully saturated rings. The molecular formula is C17H20N2O5S. The third-order valence-electron chi connectivity index (χ3n) is 3.10. The molecule has 0 aliphatic heterocycles. The van der Waals surface area contributed by atoms with Gasteiger partial charge in [0.05, 0.1) is 11.4 Å². The first kappa shape index (κ1) is 20.5. The third kappa shape index (κ3) is 8.20. The molecule has 2 rings (SSSR count). The van der Waals surface area contributed by atoms with Gasteiger partial charge >= 0.3 is 5.97 Å². The highest BCUT2D eigenvalue weighted by Gasteiger charge is 2.16. The second-order valence-electron chi connectivity index (χ2n) is 5.01. The average Bonchev–Trinajstić information content (AvgIpc) is 2.60. The van der Waals surface area contributed by atoms with Crippen LogP contribution in [-0.2, 0) is 26.0 Å². The fraction of sp³-hybridized carbons (Fsp3) is 0.176. The van der Waals surface area contributed by atoms with Crippen molar-refractivity contribution in [3.8, 4) is 0 Å². The molecule has 25 heavy (non-hydrogen) atoms. The van der Waals surface area contributed by atoms with Crippen molar-refractivity contribution in [3.05, 3.63) is 66.2 Å². The van der Waals surface area contributed by atoms with Gasteiger partial charge in [-0.05, 0) is 24.1 Å². The summed E-state index contributed by atoms with van der Waals surface area (Å²) in [5.74, 6) is -0.944. The Hall–Kier alpha value is -2.55. The minimum Gasteiger partial charge on any atom is -0.480 e. The van der Waals surface area contributed by atoms with Gasteiger partial charge in [-0.25, -0.2) is 13.6 Å². The smallest absolute Gasteiger partial charge is 0.321 e. The maximum atomic E-state index is 10.8. The molecule has 0 bridgehead atoms. The van der Waals surface area contributed by atoms with Crippen LogP contribution in [0.2, 0.25) is 0 Å². The summed E-state index contributed by atoms with van der Waals surface area (Å²) >= 11 is 0. The van der Waals surface area contributed by atoms with Gasteiger partial charge in [0.15, 0.2) is 0 Å². The van der Waals surface area contributed by atoms with E-state index < -0.39 is 22.0 Å². The van der Waals surface area contributed by atoms with E-state index in [0.29, 0.717) is 12.7 Å². The van der Waals surface area contributed by atoms with Crippen LogP contribution in [0.25, 0.3) is 0 Å². The molecule has 2 aromatic rings. The Kier molecular flexibility index (Phi) is 8.48. The monoisotopic (exact) mass is 364 g/mol. The molecule has 0 saturated carbocycles. The molecule has 0 heterocycles. The van der Waals surface area contributed by atoms with Gasteiger partial charge in [0.2, 0.25) is 10.0 Å². The molecule has 2 aromatic carbocycles. The van der Waals surface area contributed by atoms with Crippen molar-refractivity contribution in [2.75, 3.05) is 6.54 Å². The number of nitrogens with one attached hydrogen (secondary N) is 1. The van der Waals surface area contributed by atoms with Crippen LogP contribution < -0.4 is 10.5 Å². The molecule has 4 N–H and O–H groups in total. The van der Waals surface area contributed by atoms with Crippen LogP contribution in [0.5, 0.6) is 0 Å². The number of aldehydes is 1.